The first kappa shape index (κ1) is 29.1. The van der Waals surface area contributed by atoms with Crippen LogP contribution >= 0.6 is 0 Å². The molecule has 14 heteroatoms. The molecule has 5 amide bonds. The maximum absolute atomic E-state index is 15.7. The fraction of sp³-hybridized carbons (Fsp3) is 0.419. The first-order valence-electron chi connectivity index (χ1n) is 14.8. The van der Waals surface area contributed by atoms with Crippen LogP contribution in [0.5, 0.6) is 0 Å². The second kappa shape index (κ2) is 10.8. The Bertz CT molecular complexity index is 1770. The molecule has 7 rings (SSSR count). The molecular formula is C31H28F3N5O6. The summed E-state index contributed by atoms with van der Waals surface area (Å²) in [5.41, 5.74) is 0.527. The molecule has 0 aliphatic carbocycles. The van der Waals surface area contributed by atoms with Gasteiger partial charge in [-0.3, -0.25) is 39.1 Å². The molecule has 11 nitrogen and oxygen atoms in total. The van der Waals surface area contributed by atoms with Crippen molar-refractivity contribution in [3.05, 3.63) is 64.6 Å². The highest BCUT2D eigenvalue weighted by molar-refractivity contribution is 6.26. The van der Waals surface area contributed by atoms with Crippen LogP contribution in [0.25, 0.3) is 11.0 Å². The Morgan fingerprint density at radius 3 is 2.49 bits per heavy atom. The van der Waals surface area contributed by atoms with Gasteiger partial charge in [0.25, 0.3) is 23.6 Å². The number of nitrogens with zero attached hydrogens (tertiary/aromatic N) is 4. The zero-order chi connectivity index (χ0) is 31.6. The van der Waals surface area contributed by atoms with Crippen molar-refractivity contribution in [2.24, 2.45) is 0 Å². The fourth-order valence-corrected chi connectivity index (χ4v) is 7.12. The molecule has 2 unspecified atom stereocenters. The topological polar surface area (TPSA) is 133 Å². The van der Waals surface area contributed by atoms with E-state index >= 15 is 8.78 Å². The minimum absolute atomic E-state index is 0.000125. The molecule has 2 atom stereocenters. The van der Waals surface area contributed by atoms with Gasteiger partial charge in [-0.2, -0.15) is 0 Å². The van der Waals surface area contributed by atoms with Gasteiger partial charge in [-0.25, -0.2) is 13.2 Å². The summed E-state index contributed by atoms with van der Waals surface area (Å²) in [6, 6.07) is 5.96. The lowest BCUT2D eigenvalue weighted by molar-refractivity contribution is -0.136. The van der Waals surface area contributed by atoms with Crippen molar-refractivity contribution in [1.82, 2.24) is 25.2 Å². The van der Waals surface area contributed by atoms with Gasteiger partial charge in [0, 0.05) is 30.3 Å². The van der Waals surface area contributed by atoms with Gasteiger partial charge in [0.15, 0.2) is 5.58 Å². The summed E-state index contributed by atoms with van der Waals surface area (Å²) >= 11 is 0. The average Bonchev–Trinajstić information content (AvgIpc) is 3.54. The van der Waals surface area contributed by atoms with Crippen molar-refractivity contribution in [2.45, 2.75) is 56.0 Å². The minimum atomic E-state index is -3.25. The molecule has 3 saturated heterocycles. The Morgan fingerprint density at radius 1 is 0.978 bits per heavy atom. The number of alkyl halides is 2. The largest absolute Gasteiger partial charge is 0.356 e. The van der Waals surface area contributed by atoms with Crippen LogP contribution in [0.1, 0.15) is 74.8 Å². The van der Waals surface area contributed by atoms with E-state index in [9.17, 15) is 28.4 Å². The van der Waals surface area contributed by atoms with Crippen LogP contribution in [0.3, 0.4) is 0 Å². The molecule has 0 bridgehead atoms. The summed E-state index contributed by atoms with van der Waals surface area (Å²) in [4.78, 5) is 67.6. The van der Waals surface area contributed by atoms with Gasteiger partial charge in [-0.1, -0.05) is 11.2 Å². The number of hydrogen-bond donors (Lipinski definition) is 1. The number of aromatic nitrogens is 1. The van der Waals surface area contributed by atoms with E-state index < -0.39 is 59.9 Å². The Kier molecular flexibility index (Phi) is 6.99. The van der Waals surface area contributed by atoms with Gasteiger partial charge in [0.1, 0.15) is 11.9 Å². The first-order valence-corrected chi connectivity index (χ1v) is 14.8. The number of hydrogen-bond acceptors (Lipinski definition) is 8. The van der Waals surface area contributed by atoms with E-state index in [0.717, 1.165) is 9.80 Å². The average molecular weight is 624 g/mol. The maximum atomic E-state index is 15.7. The van der Waals surface area contributed by atoms with Crippen LogP contribution in [0.4, 0.5) is 13.2 Å². The normalized spacial score (nSPS) is 24.3. The van der Waals surface area contributed by atoms with Crippen molar-refractivity contribution in [1.29, 1.82) is 0 Å². The quantitative estimate of drug-likeness (QED) is 0.439. The van der Waals surface area contributed by atoms with E-state index in [1.165, 1.54) is 30.3 Å². The van der Waals surface area contributed by atoms with Gasteiger partial charge >= 0.3 is 0 Å². The van der Waals surface area contributed by atoms with Crippen LogP contribution < -0.4 is 5.32 Å². The molecule has 45 heavy (non-hydrogen) atoms. The third-order valence-corrected chi connectivity index (χ3v) is 9.37. The summed E-state index contributed by atoms with van der Waals surface area (Å²) in [5.74, 6) is -7.47. The second-order valence-corrected chi connectivity index (χ2v) is 12.0. The number of benzene rings is 2. The number of nitrogens with one attached hydrogen (secondary N) is 1. The summed E-state index contributed by atoms with van der Waals surface area (Å²) in [6.45, 7) is -0.0828. The third kappa shape index (κ3) is 4.87. The van der Waals surface area contributed by atoms with Crippen molar-refractivity contribution in [2.75, 3.05) is 26.2 Å². The smallest absolute Gasteiger partial charge is 0.280 e. The van der Waals surface area contributed by atoms with Crippen molar-refractivity contribution < 1.29 is 41.7 Å². The highest BCUT2D eigenvalue weighted by Gasteiger charge is 2.51. The van der Waals surface area contributed by atoms with E-state index in [1.54, 1.807) is 11.0 Å². The van der Waals surface area contributed by atoms with Gasteiger partial charge in [0.05, 0.1) is 35.0 Å². The number of piperidine rings is 3. The number of likely N-dealkylation sites (tertiary alicyclic amines) is 2. The van der Waals surface area contributed by atoms with Gasteiger partial charge in [0.2, 0.25) is 11.8 Å². The van der Waals surface area contributed by atoms with Crippen molar-refractivity contribution >= 4 is 40.5 Å². The molecule has 1 aromatic heterocycles. The standard InChI is InChI=1S/C31H28F3N5O6/c32-17-4-5-18-22(14-17)45-36-26(18)16-8-11-37(12-9-16)23-10-13-38(15-31(23,33)34)28(42)19-2-1-3-20-25(19)30(44)39(29(20)43)21-6-7-24(40)35-27(21)41/h1-5,14,16,21,23H,6-13,15H2,(H,35,40,41). The van der Waals surface area contributed by atoms with Crippen molar-refractivity contribution in [3.63, 3.8) is 0 Å². The molecule has 0 saturated carbocycles. The predicted octanol–water partition coefficient (Wildman–Crippen LogP) is 3.10. The molecule has 234 valence electrons. The molecule has 5 heterocycles. The maximum Gasteiger partial charge on any atom is 0.280 e. The van der Waals surface area contributed by atoms with E-state index in [-0.39, 0.29) is 48.4 Å². The lowest BCUT2D eigenvalue weighted by atomic mass is 9.89. The molecule has 3 aromatic rings. The highest BCUT2D eigenvalue weighted by atomic mass is 19.3. The number of rotatable bonds is 4. The summed E-state index contributed by atoms with van der Waals surface area (Å²) in [7, 11) is 0. The van der Waals surface area contributed by atoms with E-state index in [4.69, 9.17) is 4.52 Å². The highest BCUT2D eigenvalue weighted by Crippen LogP contribution is 2.38. The number of imide groups is 2. The fourth-order valence-electron chi connectivity index (χ4n) is 7.12. The van der Waals surface area contributed by atoms with Crippen LogP contribution in [0, 0.1) is 5.82 Å². The Balaban J connectivity index is 1.04. The molecule has 3 fully saturated rings. The summed E-state index contributed by atoms with van der Waals surface area (Å²) in [5, 5.41) is 6.95. The monoisotopic (exact) mass is 623 g/mol. The summed E-state index contributed by atoms with van der Waals surface area (Å²) < 4.78 is 50.2. The molecule has 2 aromatic carbocycles. The number of halogens is 3. The Morgan fingerprint density at radius 2 is 1.76 bits per heavy atom. The molecular weight excluding hydrogens is 595 g/mol. The number of fused-ring (bicyclic) bond motifs is 2. The van der Waals surface area contributed by atoms with Crippen molar-refractivity contribution in [3.8, 4) is 0 Å². The molecule has 4 aliphatic heterocycles. The van der Waals surface area contributed by atoms with E-state index in [2.05, 4.69) is 10.5 Å². The van der Waals surface area contributed by atoms with Crippen LogP contribution in [-0.2, 0) is 9.59 Å². The summed E-state index contributed by atoms with van der Waals surface area (Å²) in [6.07, 6.45) is 1.01. The predicted molar refractivity (Wildman–Crippen MR) is 150 cm³/mol. The molecule has 0 radical (unpaired) electrons. The minimum Gasteiger partial charge on any atom is -0.356 e. The van der Waals surface area contributed by atoms with Gasteiger partial charge in [-0.15, -0.1) is 0 Å². The first-order chi connectivity index (χ1) is 21.5. The van der Waals surface area contributed by atoms with Crippen LogP contribution in [0.15, 0.2) is 40.9 Å². The number of carbonyl (C=O) groups is 5. The number of carbonyl (C=O) groups excluding carboxylic acids is 5. The molecule has 0 spiro atoms. The van der Waals surface area contributed by atoms with Crippen LogP contribution in [-0.4, -0.2) is 93.6 Å². The Hall–Kier alpha value is -4.59. The SMILES string of the molecule is O=C1CCC(N2C(=O)c3cccc(C(=O)N4CCC(N5CCC(c6noc7cc(F)ccc67)CC5)C(F)(F)C4)c3C2=O)C(=O)N1. The lowest BCUT2D eigenvalue weighted by Gasteiger charge is -2.45. The zero-order valence-electron chi connectivity index (χ0n) is 23.9. The molecule has 4 aliphatic rings. The van der Waals surface area contributed by atoms with Gasteiger partial charge < -0.3 is 9.42 Å². The zero-order valence-corrected chi connectivity index (χ0v) is 23.9. The lowest BCUT2D eigenvalue weighted by Crippen LogP contribution is -2.60. The van der Waals surface area contributed by atoms with Gasteiger partial charge in [-0.05, 0) is 63.0 Å². The second-order valence-electron chi connectivity index (χ2n) is 12.0. The van der Waals surface area contributed by atoms with E-state index in [0.29, 0.717) is 42.6 Å². The van der Waals surface area contributed by atoms with Crippen LogP contribution in [0.2, 0.25) is 0 Å². The number of amides is 5. The van der Waals surface area contributed by atoms with E-state index in [1.807, 2.05) is 0 Å². The third-order valence-electron chi connectivity index (χ3n) is 9.37. The Labute approximate surface area is 254 Å². The molecule has 1 N–H and O–H groups in total.